The molecule has 0 bridgehead atoms. The lowest BCUT2D eigenvalue weighted by Gasteiger charge is -2.17. The molecular formula is C19H21NO2S. The lowest BCUT2D eigenvalue weighted by Crippen LogP contribution is -2.32. The molecule has 0 aromatic heterocycles. The Hall–Kier alpha value is -2.07. The van der Waals surface area contributed by atoms with Crippen LogP contribution in [-0.4, -0.2) is 16.9 Å². The zero-order chi connectivity index (χ0) is 16.5. The Morgan fingerprint density at radius 3 is 1.96 bits per heavy atom. The van der Waals surface area contributed by atoms with Crippen LogP contribution in [0.2, 0.25) is 0 Å². The van der Waals surface area contributed by atoms with E-state index in [4.69, 9.17) is 0 Å². The summed E-state index contributed by atoms with van der Waals surface area (Å²) in [6.45, 7) is 2.07. The second kappa shape index (κ2) is 9.16. The monoisotopic (exact) mass is 327 g/mol. The van der Waals surface area contributed by atoms with E-state index in [1.165, 1.54) is 11.8 Å². The van der Waals surface area contributed by atoms with Gasteiger partial charge in [0.05, 0.1) is 5.92 Å². The molecule has 2 amide bonds. The van der Waals surface area contributed by atoms with Crippen LogP contribution in [0.25, 0.3) is 0 Å². The van der Waals surface area contributed by atoms with Crippen molar-refractivity contribution >= 4 is 22.9 Å². The smallest absolute Gasteiger partial charge is 0.285 e. The molecule has 2 aromatic carbocycles. The summed E-state index contributed by atoms with van der Waals surface area (Å²) in [4.78, 5) is 24.6. The molecule has 0 atom stereocenters. The fourth-order valence-electron chi connectivity index (χ4n) is 2.30. The van der Waals surface area contributed by atoms with Gasteiger partial charge in [-0.2, -0.15) is 0 Å². The van der Waals surface area contributed by atoms with E-state index in [0.29, 0.717) is 0 Å². The molecule has 0 spiro atoms. The van der Waals surface area contributed by atoms with E-state index in [9.17, 15) is 9.59 Å². The number of amides is 2. The van der Waals surface area contributed by atoms with Crippen molar-refractivity contribution in [2.24, 2.45) is 0 Å². The highest BCUT2D eigenvalue weighted by atomic mass is 32.2. The molecule has 0 unspecified atom stereocenters. The van der Waals surface area contributed by atoms with Gasteiger partial charge in [-0.15, -0.1) is 0 Å². The van der Waals surface area contributed by atoms with Crippen molar-refractivity contribution in [3.63, 3.8) is 0 Å². The predicted molar refractivity (Wildman–Crippen MR) is 95.6 cm³/mol. The first-order chi connectivity index (χ1) is 11.2. The summed E-state index contributed by atoms with van der Waals surface area (Å²) in [7, 11) is 0. The van der Waals surface area contributed by atoms with Crippen molar-refractivity contribution in [1.29, 1.82) is 0 Å². The third-order valence-electron chi connectivity index (χ3n) is 3.48. The molecular weight excluding hydrogens is 306 g/mol. The molecule has 0 aliphatic heterocycles. The van der Waals surface area contributed by atoms with Crippen LogP contribution in [0, 0.1) is 0 Å². The molecule has 3 nitrogen and oxygen atoms in total. The van der Waals surface area contributed by atoms with Crippen LogP contribution in [-0.2, 0) is 4.79 Å². The number of carbonyl (C=O) groups excluding carboxylic acids is 2. The number of thioether (sulfide) groups is 1. The molecule has 1 N–H and O–H groups in total. The van der Waals surface area contributed by atoms with Gasteiger partial charge < -0.3 is 0 Å². The van der Waals surface area contributed by atoms with E-state index < -0.39 is 5.92 Å². The molecule has 4 heteroatoms. The van der Waals surface area contributed by atoms with E-state index in [1.54, 1.807) is 0 Å². The average Bonchev–Trinajstić information content (AvgIpc) is 2.57. The van der Waals surface area contributed by atoms with E-state index in [-0.39, 0.29) is 11.1 Å². The minimum atomic E-state index is -0.479. The molecule has 23 heavy (non-hydrogen) atoms. The lowest BCUT2D eigenvalue weighted by molar-refractivity contribution is -0.120. The Morgan fingerprint density at radius 1 is 0.957 bits per heavy atom. The van der Waals surface area contributed by atoms with Crippen LogP contribution in [0.15, 0.2) is 60.7 Å². The summed E-state index contributed by atoms with van der Waals surface area (Å²) in [6.07, 6.45) is 2.00. The molecule has 0 radical (unpaired) electrons. The highest BCUT2D eigenvalue weighted by Gasteiger charge is 2.24. The second-order valence-corrected chi connectivity index (χ2v) is 6.30. The second-order valence-electron chi connectivity index (χ2n) is 5.23. The molecule has 0 saturated heterocycles. The van der Waals surface area contributed by atoms with Crippen LogP contribution in [0.3, 0.4) is 0 Å². The molecule has 0 aliphatic carbocycles. The van der Waals surface area contributed by atoms with Crippen LogP contribution in [0.5, 0.6) is 0 Å². The zero-order valence-corrected chi connectivity index (χ0v) is 14.0. The number of imide groups is 1. The average molecular weight is 327 g/mol. The van der Waals surface area contributed by atoms with Crippen LogP contribution in [0.1, 0.15) is 36.8 Å². The first kappa shape index (κ1) is 17.3. The first-order valence-electron chi connectivity index (χ1n) is 7.80. The fraction of sp³-hybridized carbons (Fsp3) is 0.263. The van der Waals surface area contributed by atoms with Crippen LogP contribution >= 0.6 is 11.8 Å². The van der Waals surface area contributed by atoms with Crippen molar-refractivity contribution < 1.29 is 9.59 Å². The predicted octanol–water partition coefficient (Wildman–Crippen LogP) is 4.59. The molecule has 0 heterocycles. The Kier molecular flexibility index (Phi) is 6.88. The Bertz CT molecular complexity index is 589. The number of hydrogen-bond donors (Lipinski definition) is 1. The minimum absolute atomic E-state index is 0.277. The van der Waals surface area contributed by atoms with E-state index in [1.807, 2.05) is 60.7 Å². The van der Waals surface area contributed by atoms with Gasteiger partial charge in [-0.25, -0.2) is 0 Å². The van der Waals surface area contributed by atoms with Gasteiger partial charge in [0, 0.05) is 5.75 Å². The number of benzene rings is 2. The molecule has 2 rings (SSSR count). The quantitative estimate of drug-likeness (QED) is 0.789. The van der Waals surface area contributed by atoms with Gasteiger partial charge in [0.15, 0.2) is 0 Å². The van der Waals surface area contributed by atoms with Gasteiger partial charge in [0.1, 0.15) is 0 Å². The summed E-state index contributed by atoms with van der Waals surface area (Å²) in [6, 6.07) is 19.1. The van der Waals surface area contributed by atoms with Crippen LogP contribution in [0.4, 0.5) is 4.79 Å². The maximum atomic E-state index is 12.6. The van der Waals surface area contributed by atoms with Gasteiger partial charge >= 0.3 is 0 Å². The molecule has 120 valence electrons. The zero-order valence-electron chi connectivity index (χ0n) is 13.2. The van der Waals surface area contributed by atoms with Crippen molar-refractivity contribution in [1.82, 2.24) is 5.32 Å². The maximum Gasteiger partial charge on any atom is 0.285 e. The van der Waals surface area contributed by atoms with Gasteiger partial charge in [-0.3, -0.25) is 14.9 Å². The van der Waals surface area contributed by atoms with E-state index in [0.717, 1.165) is 29.7 Å². The number of carbonyl (C=O) groups is 2. The topological polar surface area (TPSA) is 46.2 Å². The van der Waals surface area contributed by atoms with Gasteiger partial charge in [0.2, 0.25) is 5.91 Å². The summed E-state index contributed by atoms with van der Waals surface area (Å²) < 4.78 is 0. The van der Waals surface area contributed by atoms with Crippen molar-refractivity contribution in [3.05, 3.63) is 71.8 Å². The summed E-state index contributed by atoms with van der Waals surface area (Å²) in [5.74, 6) is -0.0266. The maximum absolute atomic E-state index is 12.6. The Balaban J connectivity index is 2.15. The summed E-state index contributed by atoms with van der Waals surface area (Å²) in [5, 5.41) is 2.24. The van der Waals surface area contributed by atoms with Crippen molar-refractivity contribution in [3.8, 4) is 0 Å². The third kappa shape index (κ3) is 5.25. The van der Waals surface area contributed by atoms with Crippen LogP contribution < -0.4 is 5.32 Å². The lowest BCUT2D eigenvalue weighted by atomic mass is 9.90. The highest BCUT2D eigenvalue weighted by molar-refractivity contribution is 8.13. The standard InChI is InChI=1S/C19H21NO2S/c1-2-3-14-23-19(22)20-18(21)17(15-10-6-4-7-11-15)16-12-8-5-9-13-16/h4-13,17H,2-3,14H2,1H3,(H,20,21,22). The third-order valence-corrected chi connectivity index (χ3v) is 4.34. The fourth-order valence-corrected chi connectivity index (χ4v) is 3.10. The van der Waals surface area contributed by atoms with Crippen molar-refractivity contribution in [2.75, 3.05) is 5.75 Å². The number of nitrogens with one attached hydrogen (secondary N) is 1. The highest BCUT2D eigenvalue weighted by Crippen LogP contribution is 2.25. The molecule has 0 fully saturated rings. The molecule has 0 aliphatic rings. The number of rotatable bonds is 6. The summed E-state index contributed by atoms with van der Waals surface area (Å²) in [5.41, 5.74) is 1.75. The van der Waals surface area contributed by atoms with Gasteiger partial charge in [-0.05, 0) is 17.5 Å². The normalized spacial score (nSPS) is 10.5. The van der Waals surface area contributed by atoms with Gasteiger partial charge in [0.25, 0.3) is 5.24 Å². The first-order valence-corrected chi connectivity index (χ1v) is 8.78. The molecule has 0 saturated carbocycles. The molecule has 2 aromatic rings. The largest absolute Gasteiger partial charge is 0.286 e. The van der Waals surface area contributed by atoms with E-state index >= 15 is 0 Å². The number of unbranched alkanes of at least 4 members (excludes halogenated alkanes) is 1. The van der Waals surface area contributed by atoms with E-state index in [2.05, 4.69) is 12.2 Å². The Morgan fingerprint density at radius 2 is 1.48 bits per heavy atom. The minimum Gasteiger partial charge on any atom is -0.286 e. The summed E-state index contributed by atoms with van der Waals surface area (Å²) >= 11 is 1.17. The Labute approximate surface area is 141 Å². The number of hydrogen-bond acceptors (Lipinski definition) is 3. The SMILES string of the molecule is CCCCSC(=O)NC(=O)C(c1ccccc1)c1ccccc1. The van der Waals surface area contributed by atoms with Gasteiger partial charge in [-0.1, -0.05) is 85.8 Å². The van der Waals surface area contributed by atoms with Crippen molar-refractivity contribution in [2.45, 2.75) is 25.7 Å².